The zero-order chi connectivity index (χ0) is 11.3. The molecule has 0 aliphatic heterocycles. The normalized spacial score (nSPS) is 9.73. The van der Waals surface area contributed by atoms with Crippen LogP contribution >= 0.6 is 0 Å². The third-order valence-corrected chi connectivity index (χ3v) is 1.57. The minimum absolute atomic E-state index is 0.0441. The van der Waals surface area contributed by atoms with E-state index < -0.39 is 5.91 Å². The third-order valence-electron chi connectivity index (χ3n) is 1.57. The van der Waals surface area contributed by atoms with Crippen molar-refractivity contribution in [2.75, 3.05) is 13.7 Å². The zero-order valence-corrected chi connectivity index (χ0v) is 8.44. The minimum Gasteiger partial charge on any atom is -0.469 e. The molecule has 0 saturated carbocycles. The van der Waals surface area contributed by atoms with E-state index in [4.69, 9.17) is 0 Å². The van der Waals surface area contributed by atoms with Gasteiger partial charge in [-0.1, -0.05) is 5.16 Å². The lowest BCUT2D eigenvalue weighted by Gasteiger charge is -2.00. The van der Waals surface area contributed by atoms with Crippen LogP contribution in [0.4, 0.5) is 0 Å². The summed E-state index contributed by atoms with van der Waals surface area (Å²) in [5.74, 6) is -0.596. The van der Waals surface area contributed by atoms with Gasteiger partial charge in [-0.05, 0) is 0 Å². The van der Waals surface area contributed by atoms with E-state index in [9.17, 15) is 9.59 Å². The number of hydrogen-bond acceptors (Lipinski definition) is 6. The molecule has 7 heteroatoms. The first-order chi connectivity index (χ1) is 7.13. The first-order valence-electron chi connectivity index (χ1n) is 4.29. The standard InChI is InChI=1S/C8H11N3O4/c1-5-10-7(11-15-5)8(13)9-4-3-6(12)14-2/h3-4H2,1-2H3,(H,9,13). The minimum atomic E-state index is -0.476. The molecule has 0 aliphatic rings. The van der Waals surface area contributed by atoms with Crippen molar-refractivity contribution in [2.24, 2.45) is 0 Å². The maximum atomic E-state index is 11.3. The largest absolute Gasteiger partial charge is 0.469 e. The molecule has 1 heterocycles. The number of amides is 1. The Bertz CT molecular complexity index is 361. The van der Waals surface area contributed by atoms with Crippen molar-refractivity contribution in [3.8, 4) is 0 Å². The molecule has 0 fully saturated rings. The van der Waals surface area contributed by atoms with Crippen LogP contribution in [0.2, 0.25) is 0 Å². The number of ether oxygens (including phenoxy) is 1. The van der Waals surface area contributed by atoms with Crippen LogP contribution in [0.25, 0.3) is 0 Å². The van der Waals surface area contributed by atoms with Crippen LogP contribution in [0.5, 0.6) is 0 Å². The van der Waals surface area contributed by atoms with E-state index in [0.717, 1.165) is 0 Å². The number of nitrogens with one attached hydrogen (secondary N) is 1. The van der Waals surface area contributed by atoms with Gasteiger partial charge in [0.1, 0.15) is 0 Å². The summed E-state index contributed by atoms with van der Waals surface area (Å²) in [6.07, 6.45) is 0.110. The summed E-state index contributed by atoms with van der Waals surface area (Å²) < 4.78 is 9.02. The number of nitrogens with zero attached hydrogens (tertiary/aromatic N) is 2. The zero-order valence-electron chi connectivity index (χ0n) is 8.44. The lowest BCUT2D eigenvalue weighted by atomic mass is 10.4. The van der Waals surface area contributed by atoms with E-state index >= 15 is 0 Å². The predicted octanol–water partition coefficient (Wildman–Crippen LogP) is -0.329. The second-order valence-corrected chi connectivity index (χ2v) is 2.72. The fourth-order valence-electron chi connectivity index (χ4n) is 0.851. The first-order valence-corrected chi connectivity index (χ1v) is 4.29. The molecule has 1 N–H and O–H groups in total. The van der Waals surface area contributed by atoms with Gasteiger partial charge in [-0.2, -0.15) is 4.98 Å². The van der Waals surface area contributed by atoms with Crippen LogP contribution in [0, 0.1) is 6.92 Å². The van der Waals surface area contributed by atoms with Gasteiger partial charge in [0.15, 0.2) is 0 Å². The molecular weight excluding hydrogens is 202 g/mol. The van der Waals surface area contributed by atoms with Gasteiger partial charge in [0.2, 0.25) is 5.89 Å². The number of aromatic nitrogens is 2. The van der Waals surface area contributed by atoms with Crippen LogP contribution in [0.3, 0.4) is 0 Å². The van der Waals surface area contributed by atoms with Gasteiger partial charge in [-0.25, -0.2) is 0 Å². The van der Waals surface area contributed by atoms with E-state index in [1.165, 1.54) is 7.11 Å². The second-order valence-electron chi connectivity index (χ2n) is 2.72. The second kappa shape index (κ2) is 5.08. The molecule has 7 nitrogen and oxygen atoms in total. The van der Waals surface area contributed by atoms with Crippen molar-refractivity contribution in [1.29, 1.82) is 0 Å². The Kier molecular flexibility index (Phi) is 3.78. The molecule has 0 atom stereocenters. The van der Waals surface area contributed by atoms with Crippen LogP contribution in [-0.4, -0.2) is 35.7 Å². The number of aryl methyl sites for hydroxylation is 1. The lowest BCUT2D eigenvalue weighted by molar-refractivity contribution is -0.140. The molecule has 0 bridgehead atoms. The summed E-state index contributed by atoms with van der Waals surface area (Å²) in [6.45, 7) is 1.76. The fraction of sp³-hybridized carbons (Fsp3) is 0.500. The van der Waals surface area contributed by atoms with E-state index in [-0.39, 0.29) is 24.8 Å². The summed E-state index contributed by atoms with van der Waals surface area (Å²) in [5.41, 5.74) is 0. The van der Waals surface area contributed by atoms with E-state index in [2.05, 4.69) is 24.7 Å². The molecule has 15 heavy (non-hydrogen) atoms. The van der Waals surface area contributed by atoms with Gasteiger partial charge in [0.05, 0.1) is 13.5 Å². The van der Waals surface area contributed by atoms with E-state index in [1.807, 2.05) is 0 Å². The molecule has 82 valence electrons. The average molecular weight is 213 g/mol. The molecular formula is C8H11N3O4. The van der Waals surface area contributed by atoms with Gasteiger partial charge < -0.3 is 14.6 Å². The summed E-state index contributed by atoms with van der Waals surface area (Å²) in [7, 11) is 1.28. The van der Waals surface area contributed by atoms with Crippen molar-refractivity contribution in [2.45, 2.75) is 13.3 Å². The SMILES string of the molecule is COC(=O)CCNC(=O)c1noc(C)n1. The Balaban J connectivity index is 2.34. The van der Waals surface area contributed by atoms with Crippen LogP contribution in [0.1, 0.15) is 22.9 Å². The highest BCUT2D eigenvalue weighted by atomic mass is 16.5. The fourth-order valence-corrected chi connectivity index (χ4v) is 0.851. The van der Waals surface area contributed by atoms with Gasteiger partial charge in [0, 0.05) is 13.5 Å². The van der Waals surface area contributed by atoms with Crippen molar-refractivity contribution >= 4 is 11.9 Å². The van der Waals surface area contributed by atoms with Gasteiger partial charge in [-0.3, -0.25) is 9.59 Å². The third kappa shape index (κ3) is 3.37. The topological polar surface area (TPSA) is 94.3 Å². The highest BCUT2D eigenvalue weighted by molar-refractivity contribution is 5.90. The Morgan fingerprint density at radius 1 is 1.53 bits per heavy atom. The van der Waals surface area contributed by atoms with Crippen molar-refractivity contribution in [3.05, 3.63) is 11.7 Å². The highest BCUT2D eigenvalue weighted by Gasteiger charge is 2.12. The molecule has 0 unspecified atom stereocenters. The maximum absolute atomic E-state index is 11.3. The number of carbonyl (C=O) groups excluding carboxylic acids is 2. The van der Waals surface area contributed by atoms with Gasteiger partial charge in [0.25, 0.3) is 11.7 Å². The van der Waals surface area contributed by atoms with Gasteiger partial charge in [-0.15, -0.1) is 0 Å². The average Bonchev–Trinajstić information content (AvgIpc) is 2.64. The Labute approximate surface area is 85.8 Å². The molecule has 0 radical (unpaired) electrons. The number of carbonyl (C=O) groups is 2. The van der Waals surface area contributed by atoms with Crippen LogP contribution in [-0.2, 0) is 9.53 Å². The first kappa shape index (κ1) is 11.2. The molecule has 1 amide bonds. The van der Waals surface area contributed by atoms with Crippen LogP contribution < -0.4 is 5.32 Å². The maximum Gasteiger partial charge on any atom is 0.307 e. The highest BCUT2D eigenvalue weighted by Crippen LogP contribution is 1.94. The monoisotopic (exact) mass is 213 g/mol. The molecule has 0 spiro atoms. The summed E-state index contributed by atoms with van der Waals surface area (Å²) in [4.78, 5) is 25.7. The predicted molar refractivity (Wildman–Crippen MR) is 48.0 cm³/mol. The molecule has 1 rings (SSSR count). The van der Waals surface area contributed by atoms with Crippen molar-refractivity contribution in [3.63, 3.8) is 0 Å². The quantitative estimate of drug-likeness (QED) is 0.688. The Morgan fingerprint density at radius 2 is 2.27 bits per heavy atom. The molecule has 1 aromatic rings. The Hall–Kier alpha value is -1.92. The molecule has 0 saturated heterocycles. The van der Waals surface area contributed by atoms with E-state index in [0.29, 0.717) is 5.89 Å². The van der Waals surface area contributed by atoms with Crippen molar-refractivity contribution in [1.82, 2.24) is 15.5 Å². The van der Waals surface area contributed by atoms with Crippen molar-refractivity contribution < 1.29 is 18.8 Å². The molecule has 0 aromatic carbocycles. The number of rotatable bonds is 4. The lowest BCUT2D eigenvalue weighted by Crippen LogP contribution is -2.27. The molecule has 0 aliphatic carbocycles. The smallest absolute Gasteiger partial charge is 0.307 e. The number of hydrogen-bond donors (Lipinski definition) is 1. The van der Waals surface area contributed by atoms with Crippen LogP contribution in [0.15, 0.2) is 4.52 Å². The number of esters is 1. The summed E-state index contributed by atoms with van der Waals surface area (Å²) in [6, 6.07) is 0. The Morgan fingerprint density at radius 3 is 2.80 bits per heavy atom. The number of methoxy groups -OCH3 is 1. The summed E-state index contributed by atoms with van der Waals surface area (Å²) >= 11 is 0. The van der Waals surface area contributed by atoms with Gasteiger partial charge >= 0.3 is 5.97 Å². The summed E-state index contributed by atoms with van der Waals surface area (Å²) in [5, 5.41) is 5.87. The van der Waals surface area contributed by atoms with E-state index in [1.54, 1.807) is 6.92 Å². The molecule has 1 aromatic heterocycles.